The molecule has 0 unspecified atom stereocenters. The lowest BCUT2D eigenvalue weighted by atomic mass is 9.68. The summed E-state index contributed by atoms with van der Waals surface area (Å²) in [5, 5.41) is 112. The van der Waals surface area contributed by atoms with E-state index in [1.165, 1.54) is 30.3 Å². The zero-order valence-corrected chi connectivity index (χ0v) is 35.8. The molecule has 0 bridgehead atoms. The molecule has 0 aromatic heterocycles. The Morgan fingerprint density at radius 2 is 0.706 bits per heavy atom. The lowest BCUT2D eigenvalue weighted by Gasteiger charge is -2.35. The lowest BCUT2D eigenvalue weighted by Crippen LogP contribution is -2.21. The predicted molar refractivity (Wildman–Crippen MR) is 248 cm³/mol. The van der Waals surface area contributed by atoms with Gasteiger partial charge in [-0.3, -0.25) is 0 Å². The molecule has 12 nitrogen and oxygen atoms in total. The van der Waals surface area contributed by atoms with Crippen molar-refractivity contribution in [1.82, 2.24) is 0 Å². The number of hydrogen-bond acceptors (Lipinski definition) is 12. The van der Waals surface area contributed by atoms with Gasteiger partial charge in [-0.25, -0.2) is 0 Å². The SMILES string of the molecule is Oc1ccc([C@@H]2c3c(O)cc(O)cc3[C@H]3c4c(cc(O)c5c4[C@H]2[C@H](c2ccc(O)cc2)[C@H]5c2cc(O)cc4c2[C@H](c2cc(O)cc(O)c2)[C@@H](c2ccc(O)cc2)O4)O[C@@H]3c2ccc(O)cc2)cc1. The van der Waals surface area contributed by atoms with Crippen LogP contribution in [0.3, 0.4) is 0 Å². The molecule has 0 amide bonds. The Balaban J connectivity index is 1.20. The molecule has 10 N–H and O–H groups in total. The van der Waals surface area contributed by atoms with Crippen molar-refractivity contribution in [3.05, 3.63) is 212 Å². The van der Waals surface area contributed by atoms with Crippen LogP contribution in [0.5, 0.6) is 69.0 Å². The number of aromatic hydroxyl groups is 10. The molecular weight excluding hydrogens is 865 g/mol. The first-order valence-electron chi connectivity index (χ1n) is 22.2. The number of rotatable bonds is 6. The molecule has 2 heterocycles. The normalized spacial score (nSPS) is 22.6. The molecule has 0 radical (unpaired) electrons. The Hall–Kier alpha value is -8.64. The van der Waals surface area contributed by atoms with E-state index in [-0.39, 0.29) is 57.5 Å². The highest BCUT2D eigenvalue weighted by Gasteiger charge is 2.57. The van der Waals surface area contributed by atoms with Crippen LogP contribution in [0.15, 0.2) is 146 Å². The van der Waals surface area contributed by atoms with Crippen LogP contribution in [-0.2, 0) is 0 Å². The van der Waals surface area contributed by atoms with Crippen molar-refractivity contribution in [2.75, 3.05) is 0 Å². The maximum Gasteiger partial charge on any atom is 0.135 e. The van der Waals surface area contributed by atoms with Gasteiger partial charge in [0, 0.05) is 70.2 Å². The molecule has 2 aliphatic carbocycles. The summed E-state index contributed by atoms with van der Waals surface area (Å²) in [6.07, 6.45) is -1.59. The Kier molecular flexibility index (Phi) is 8.97. The number of ether oxygens (including phenoxy) is 2. The van der Waals surface area contributed by atoms with Crippen molar-refractivity contribution < 1.29 is 60.5 Å². The van der Waals surface area contributed by atoms with E-state index >= 15 is 0 Å². The molecule has 2 aliphatic heterocycles. The molecule has 338 valence electrons. The van der Waals surface area contributed by atoms with Gasteiger partial charge in [0.25, 0.3) is 0 Å². The van der Waals surface area contributed by atoms with E-state index in [4.69, 9.17) is 9.47 Å². The van der Waals surface area contributed by atoms with Crippen LogP contribution in [0.2, 0.25) is 0 Å². The fourth-order valence-corrected chi connectivity index (χ4v) is 12.0. The molecule has 0 saturated carbocycles. The molecule has 0 fully saturated rings. The number of benzene rings is 8. The summed E-state index contributed by atoms with van der Waals surface area (Å²) < 4.78 is 13.7. The minimum absolute atomic E-state index is 0.0105. The fourth-order valence-electron chi connectivity index (χ4n) is 12.0. The van der Waals surface area contributed by atoms with Gasteiger partial charge in [-0.05, 0) is 117 Å². The van der Waals surface area contributed by atoms with E-state index in [2.05, 4.69) is 0 Å². The van der Waals surface area contributed by atoms with Crippen molar-refractivity contribution in [3.63, 3.8) is 0 Å². The third-order valence-corrected chi connectivity index (χ3v) is 14.4. The summed E-state index contributed by atoms with van der Waals surface area (Å²) in [6.45, 7) is 0. The summed E-state index contributed by atoms with van der Waals surface area (Å²) >= 11 is 0. The van der Waals surface area contributed by atoms with Crippen molar-refractivity contribution in [3.8, 4) is 69.0 Å². The molecule has 8 aromatic carbocycles. The van der Waals surface area contributed by atoms with Crippen LogP contribution in [-0.4, -0.2) is 51.1 Å². The minimum Gasteiger partial charge on any atom is -0.508 e. The smallest absolute Gasteiger partial charge is 0.135 e. The van der Waals surface area contributed by atoms with E-state index < -0.39 is 47.7 Å². The van der Waals surface area contributed by atoms with E-state index in [1.807, 2.05) is 12.1 Å². The minimum atomic E-state index is -0.838. The second-order valence-electron chi connectivity index (χ2n) is 18.2. The van der Waals surface area contributed by atoms with Crippen molar-refractivity contribution in [2.24, 2.45) is 0 Å². The van der Waals surface area contributed by atoms with Crippen molar-refractivity contribution in [1.29, 1.82) is 0 Å². The largest absolute Gasteiger partial charge is 0.508 e. The molecule has 68 heavy (non-hydrogen) atoms. The summed E-state index contributed by atoms with van der Waals surface area (Å²) in [7, 11) is 0. The topological polar surface area (TPSA) is 221 Å². The highest BCUT2D eigenvalue weighted by atomic mass is 16.5. The van der Waals surface area contributed by atoms with Crippen LogP contribution in [0.4, 0.5) is 0 Å². The first-order chi connectivity index (χ1) is 32.8. The second-order valence-corrected chi connectivity index (χ2v) is 18.2. The predicted octanol–water partition coefficient (Wildman–Crippen LogP) is 10.4. The van der Waals surface area contributed by atoms with E-state index in [1.54, 1.807) is 103 Å². The molecule has 0 saturated heterocycles. The quantitative estimate of drug-likeness (QED) is 0.0753. The Labute approximate surface area is 388 Å². The molecule has 0 spiro atoms. The molecular formula is C56H42O12. The van der Waals surface area contributed by atoms with Crippen LogP contribution in [0.25, 0.3) is 0 Å². The summed E-state index contributed by atoms with van der Waals surface area (Å²) in [4.78, 5) is 0. The average Bonchev–Trinajstić information content (AvgIpc) is 3.96. The Morgan fingerprint density at radius 1 is 0.265 bits per heavy atom. The second kappa shape index (κ2) is 14.9. The molecule has 12 heteroatoms. The first-order valence-corrected chi connectivity index (χ1v) is 22.2. The number of hydrogen-bond donors (Lipinski definition) is 10. The molecule has 4 aliphatic rings. The Morgan fingerprint density at radius 3 is 1.26 bits per heavy atom. The van der Waals surface area contributed by atoms with Crippen LogP contribution in [0, 0.1) is 0 Å². The van der Waals surface area contributed by atoms with Crippen molar-refractivity contribution >= 4 is 0 Å². The summed E-state index contributed by atoms with van der Waals surface area (Å²) in [5.41, 5.74) is 7.26. The maximum absolute atomic E-state index is 12.8. The number of fused-ring (bicyclic) bond motifs is 3. The average molecular weight is 907 g/mol. The van der Waals surface area contributed by atoms with Gasteiger partial charge in [-0.1, -0.05) is 48.5 Å². The zero-order valence-electron chi connectivity index (χ0n) is 35.8. The summed E-state index contributed by atoms with van der Waals surface area (Å²) in [6, 6.07) is 38.6. The van der Waals surface area contributed by atoms with E-state index in [9.17, 15) is 51.1 Å². The van der Waals surface area contributed by atoms with Gasteiger partial charge in [0.1, 0.15) is 81.2 Å². The third kappa shape index (κ3) is 6.20. The Bertz CT molecular complexity index is 3310. The number of phenols is 10. The van der Waals surface area contributed by atoms with Gasteiger partial charge < -0.3 is 60.5 Å². The van der Waals surface area contributed by atoms with Gasteiger partial charge in [-0.2, -0.15) is 0 Å². The standard InChI is InChI=1S/C56H42O12/c57-30-9-1-25(2-10-30)44-47-38(20-36(63)22-40(47)65)50-52-43(68-56(50)28-7-15-33(60)16-8-28)24-41(66)51-49(45(53(44)54(51)52)26-3-11-31(58)12-4-26)39-21-37(64)23-42-48(39)46(29-17-34(61)19-35(62)18-29)55(67-42)27-5-13-32(59)14-6-27/h1-24,44-46,49-50,53,55-66H/t44-,45-,46+,49-,50+,53-,55-,56-/m1/s1. The van der Waals surface area contributed by atoms with Gasteiger partial charge in [0.05, 0.1) is 11.8 Å². The molecule has 12 rings (SSSR count). The van der Waals surface area contributed by atoms with Gasteiger partial charge in [-0.15, -0.1) is 0 Å². The van der Waals surface area contributed by atoms with Crippen LogP contribution < -0.4 is 9.47 Å². The highest BCUT2D eigenvalue weighted by molar-refractivity contribution is 5.74. The van der Waals surface area contributed by atoms with Crippen LogP contribution >= 0.6 is 0 Å². The highest BCUT2D eigenvalue weighted by Crippen LogP contribution is 2.72. The van der Waals surface area contributed by atoms with E-state index in [0.717, 1.165) is 5.56 Å². The van der Waals surface area contributed by atoms with Gasteiger partial charge >= 0.3 is 0 Å². The van der Waals surface area contributed by atoms with Crippen LogP contribution in [0.1, 0.15) is 114 Å². The number of phenolic OH excluding ortho intramolecular Hbond substituents is 10. The summed E-state index contributed by atoms with van der Waals surface area (Å²) in [5.74, 6) is -4.72. The maximum atomic E-state index is 12.8. The first kappa shape index (κ1) is 40.8. The fraction of sp³-hybridized carbons (Fsp3) is 0.143. The van der Waals surface area contributed by atoms with Gasteiger partial charge in [0.2, 0.25) is 0 Å². The van der Waals surface area contributed by atoms with Gasteiger partial charge in [0.15, 0.2) is 0 Å². The zero-order chi connectivity index (χ0) is 46.9. The molecule has 8 atom stereocenters. The van der Waals surface area contributed by atoms with Crippen molar-refractivity contribution in [2.45, 2.75) is 47.7 Å². The molecule has 8 aromatic rings. The van der Waals surface area contributed by atoms with E-state index in [0.29, 0.717) is 72.7 Å². The monoisotopic (exact) mass is 906 g/mol. The third-order valence-electron chi connectivity index (χ3n) is 14.4. The lowest BCUT2D eigenvalue weighted by molar-refractivity contribution is 0.221.